The standard InChI is InChI=1S/C18H15N3O2.C17H14N4O2.C17H13N3O2.C16H13FN4O2S.C16H12N4O3S/c1-13-9-14(4-7-20-13)10-18(22)17-11-15(5-8-21-17)23-16-3-2-6-19-12-16;1-12-3-2-4-13(21-12)7-17(22)16-8-14(5-6-20-16)23-15-9-18-11-19-10-15;21-17(10-13-4-1-2-8-19-13)16-11-14(6-9-20-16)22-15-5-3-7-18-12-15;1-10(17)14-8-24-16(21-14)5-15(22)13-4-11(2-3-20-13)23-12-6-18-9-19-7-12;1-10(21)14-8-24-16(20-14)5-15(22)13-4-11(2-3-19-13)23-12-6-17-9-18-7-12/h2-9,11-12H,10H2,1H3;2-6,8-11H,7H2,1H3;1-9,11-12H,10H2;2-4,6-10H,5H2,1H3;2-4,6-9H,5H2,1H3. The Hall–Kier alpha value is -15.1. The number of hydrogen-bond donors (Lipinski definition) is 0. The highest BCUT2D eigenvalue weighted by Crippen LogP contribution is 2.28. The first-order valence-electron chi connectivity index (χ1n) is 35.1. The fourth-order valence-electron chi connectivity index (χ4n) is 9.94. The van der Waals surface area contributed by atoms with Crippen molar-refractivity contribution in [1.82, 2.24) is 89.7 Å². The average molecular weight is 1590 g/mol. The first-order valence-corrected chi connectivity index (χ1v) is 36.9. The molecule has 0 N–H and O–H groups in total. The van der Waals surface area contributed by atoms with Crippen LogP contribution in [0, 0.1) is 13.8 Å². The Morgan fingerprint density at radius 1 is 0.336 bits per heavy atom. The van der Waals surface area contributed by atoms with Crippen molar-refractivity contribution in [2.24, 2.45) is 0 Å². The minimum absolute atomic E-state index is 0.0627. The van der Waals surface area contributed by atoms with Gasteiger partial charge in [-0.2, -0.15) is 0 Å². The first kappa shape index (κ1) is 81.9. The number of ether oxygens (including phenoxy) is 5. The fourth-order valence-corrected chi connectivity index (χ4v) is 11.6. The van der Waals surface area contributed by atoms with Gasteiger partial charge in [-0.05, 0) is 117 Å². The number of ketones is 6. The van der Waals surface area contributed by atoms with E-state index in [1.54, 1.807) is 158 Å². The topological polar surface area (TPSA) is 381 Å². The summed E-state index contributed by atoms with van der Waals surface area (Å²) in [7, 11) is 0. The molecule has 15 aromatic rings. The van der Waals surface area contributed by atoms with Gasteiger partial charge in [-0.3, -0.25) is 78.6 Å². The average Bonchev–Trinajstić information content (AvgIpc) is 1.21. The van der Waals surface area contributed by atoms with Crippen LogP contribution in [0.15, 0.2) is 269 Å². The summed E-state index contributed by atoms with van der Waals surface area (Å²) in [6.07, 6.45) is 30.7. The SMILES string of the molecule is CC(=O)c1csc(CC(=O)c2cc(Oc3cncnc3)ccn2)n1.CC(F)c1csc(CC(=O)c2cc(Oc3cncnc3)ccn2)n1.Cc1cc(CC(=O)c2cc(Oc3cccnc3)ccn2)ccn1.Cc1cccc(CC(=O)c2cc(Oc3cncnc3)ccn2)n1.O=C(Cc1ccccn1)c1cc(Oc2cccnc2)ccn1. The Morgan fingerprint density at radius 3 is 1.12 bits per heavy atom. The molecule has 15 aromatic heterocycles. The zero-order valence-corrected chi connectivity index (χ0v) is 63.9. The maximum absolute atomic E-state index is 13.2. The molecule has 15 heterocycles. The zero-order chi connectivity index (χ0) is 81.2. The van der Waals surface area contributed by atoms with E-state index >= 15 is 0 Å². The van der Waals surface area contributed by atoms with Crippen molar-refractivity contribution >= 4 is 57.4 Å². The van der Waals surface area contributed by atoms with Crippen molar-refractivity contribution in [2.45, 2.75) is 66.0 Å². The molecule has 0 aromatic carbocycles. The molecule has 32 heteroatoms. The van der Waals surface area contributed by atoms with Crippen molar-refractivity contribution < 1.29 is 56.8 Å². The van der Waals surface area contributed by atoms with E-state index < -0.39 is 6.17 Å². The molecule has 0 saturated heterocycles. The third-order valence-corrected chi connectivity index (χ3v) is 17.1. The van der Waals surface area contributed by atoms with Crippen molar-refractivity contribution in [3.63, 3.8) is 0 Å². The minimum Gasteiger partial charge on any atom is -0.456 e. The second-order valence-corrected chi connectivity index (χ2v) is 26.2. The molecule has 578 valence electrons. The van der Waals surface area contributed by atoms with Crippen LogP contribution in [-0.2, 0) is 32.1 Å². The number of aryl methyl sites for hydroxylation is 2. The van der Waals surface area contributed by atoms with Gasteiger partial charge in [0.15, 0.2) is 51.9 Å². The van der Waals surface area contributed by atoms with E-state index in [4.69, 9.17) is 23.7 Å². The van der Waals surface area contributed by atoms with E-state index in [2.05, 4.69) is 89.7 Å². The van der Waals surface area contributed by atoms with Crippen molar-refractivity contribution in [1.29, 1.82) is 0 Å². The predicted octanol–water partition coefficient (Wildman–Crippen LogP) is 15.6. The third-order valence-electron chi connectivity index (χ3n) is 15.3. The third kappa shape index (κ3) is 26.6. The molecule has 116 heavy (non-hydrogen) atoms. The number of carbonyl (C=O) groups excluding carboxylic acids is 6. The number of Topliss-reactive ketones (excluding diaryl/α,β-unsaturated/α-hetero) is 6. The molecule has 0 radical (unpaired) electrons. The Kier molecular flexibility index (Phi) is 29.9. The number of halogens is 1. The summed E-state index contributed by atoms with van der Waals surface area (Å²) < 4.78 is 41.3. The molecule has 0 bridgehead atoms. The molecule has 0 aliphatic heterocycles. The maximum atomic E-state index is 13.2. The Morgan fingerprint density at radius 2 is 0.733 bits per heavy atom. The van der Waals surface area contributed by atoms with Gasteiger partial charge in [0.25, 0.3) is 0 Å². The highest BCUT2D eigenvalue weighted by molar-refractivity contribution is 7.10. The second kappa shape index (κ2) is 42.4. The minimum atomic E-state index is -1.15. The summed E-state index contributed by atoms with van der Waals surface area (Å²) in [5, 5.41) is 4.40. The molecular formula is C84H67FN18O11S2. The molecule has 29 nitrogen and oxygen atoms in total. The second-order valence-electron chi connectivity index (χ2n) is 24.4. The number of alkyl halides is 1. The van der Waals surface area contributed by atoms with E-state index in [1.165, 1.54) is 98.9 Å². The summed E-state index contributed by atoms with van der Waals surface area (Å²) >= 11 is 2.54. The summed E-state index contributed by atoms with van der Waals surface area (Å²) in [6.45, 7) is 6.64. The van der Waals surface area contributed by atoms with Gasteiger partial charge < -0.3 is 23.7 Å². The Bertz CT molecular complexity index is 5620. The molecule has 15 rings (SSSR count). The first-order chi connectivity index (χ1) is 56.4. The van der Waals surface area contributed by atoms with Crippen LogP contribution in [-0.4, -0.2) is 124 Å². The quantitative estimate of drug-likeness (QED) is 0.0431. The normalized spacial score (nSPS) is 10.6. The van der Waals surface area contributed by atoms with Crippen LogP contribution < -0.4 is 23.7 Å². The Balaban J connectivity index is 0.000000143. The molecule has 1 unspecified atom stereocenters. The molecule has 0 saturated carbocycles. The molecule has 0 spiro atoms. The van der Waals surface area contributed by atoms with Gasteiger partial charge in [-0.25, -0.2) is 44.3 Å². The Labute approximate surface area is 670 Å². The number of thiazole rings is 2. The van der Waals surface area contributed by atoms with Gasteiger partial charge in [0.2, 0.25) is 0 Å². The molecule has 0 amide bonds. The largest absolute Gasteiger partial charge is 0.456 e. The van der Waals surface area contributed by atoms with Crippen molar-refractivity contribution in [3.05, 3.63) is 347 Å². The van der Waals surface area contributed by atoms with E-state index in [0.29, 0.717) is 102 Å². The lowest BCUT2D eigenvalue weighted by Gasteiger charge is -2.06. The highest BCUT2D eigenvalue weighted by atomic mass is 32.1. The summed E-state index contributed by atoms with van der Waals surface area (Å²) in [5.41, 5.74) is 6.43. The summed E-state index contributed by atoms with van der Waals surface area (Å²) in [5.74, 6) is 4.38. The molecule has 0 aliphatic carbocycles. The van der Waals surface area contributed by atoms with E-state index in [1.807, 2.05) is 62.4 Å². The lowest BCUT2D eigenvalue weighted by atomic mass is 10.1. The van der Waals surface area contributed by atoms with Gasteiger partial charge in [-0.15, -0.1) is 22.7 Å². The van der Waals surface area contributed by atoms with Gasteiger partial charge in [-0.1, -0.05) is 12.1 Å². The summed E-state index contributed by atoms with van der Waals surface area (Å²) in [6, 6.07) is 38.3. The number of carbonyl (C=O) groups is 6. The van der Waals surface area contributed by atoms with Crippen molar-refractivity contribution in [2.75, 3.05) is 0 Å². The smallest absolute Gasteiger partial charge is 0.188 e. The van der Waals surface area contributed by atoms with Crippen LogP contribution in [0.5, 0.6) is 57.5 Å². The van der Waals surface area contributed by atoms with Crippen LogP contribution in [0.25, 0.3) is 0 Å². The van der Waals surface area contributed by atoms with Gasteiger partial charge in [0.1, 0.15) is 110 Å². The van der Waals surface area contributed by atoms with Crippen LogP contribution in [0.2, 0.25) is 0 Å². The number of hydrogen-bond acceptors (Lipinski definition) is 31. The fraction of sp³-hybridized carbons (Fsp3) is 0.119. The van der Waals surface area contributed by atoms with E-state index in [9.17, 15) is 33.2 Å². The van der Waals surface area contributed by atoms with Crippen molar-refractivity contribution in [3.8, 4) is 57.5 Å². The van der Waals surface area contributed by atoms with E-state index in [-0.39, 0.29) is 78.2 Å². The van der Waals surface area contributed by atoms with Crippen LogP contribution >= 0.6 is 22.7 Å². The molecule has 0 fully saturated rings. The molecular weight excluding hydrogens is 1520 g/mol. The number of nitrogens with zero attached hydrogens (tertiary/aromatic N) is 18. The van der Waals surface area contributed by atoms with Gasteiger partial charge in [0.05, 0.1) is 81.0 Å². The van der Waals surface area contributed by atoms with Gasteiger partial charge >= 0.3 is 0 Å². The van der Waals surface area contributed by atoms with Gasteiger partial charge in [0, 0.05) is 133 Å². The highest BCUT2D eigenvalue weighted by Gasteiger charge is 2.19. The monoisotopic (exact) mass is 1590 g/mol. The molecule has 0 aliphatic rings. The van der Waals surface area contributed by atoms with Crippen LogP contribution in [0.4, 0.5) is 4.39 Å². The van der Waals surface area contributed by atoms with Crippen LogP contribution in [0.3, 0.4) is 0 Å². The van der Waals surface area contributed by atoms with E-state index in [0.717, 1.165) is 22.6 Å². The predicted molar refractivity (Wildman–Crippen MR) is 422 cm³/mol. The lowest BCUT2D eigenvalue weighted by Crippen LogP contribution is -2.07. The van der Waals surface area contributed by atoms with Crippen LogP contribution in [0.1, 0.15) is 127 Å². The maximum Gasteiger partial charge on any atom is 0.188 e. The lowest BCUT2D eigenvalue weighted by molar-refractivity contribution is 0.0979. The summed E-state index contributed by atoms with van der Waals surface area (Å²) in [4.78, 5) is 145. The zero-order valence-electron chi connectivity index (χ0n) is 62.3. The molecule has 1 atom stereocenters. The number of aromatic nitrogens is 18. The number of pyridine rings is 10. The number of rotatable bonds is 27.